The molecule has 0 spiro atoms. The molecule has 0 aliphatic rings. The van der Waals surface area contributed by atoms with Gasteiger partial charge >= 0.3 is 0 Å². The molecule has 0 unspecified atom stereocenters. The van der Waals surface area contributed by atoms with Gasteiger partial charge in [-0.25, -0.2) is 0 Å². The maximum atomic E-state index is 5.57. The fraction of sp³-hybridized carbons (Fsp3) is 0.375. The van der Waals surface area contributed by atoms with Crippen molar-refractivity contribution in [2.45, 2.75) is 26.3 Å². The van der Waals surface area contributed by atoms with Gasteiger partial charge in [0.15, 0.2) is 0 Å². The zero-order chi connectivity index (χ0) is 13.3. The third-order valence-electron chi connectivity index (χ3n) is 2.85. The number of benzene rings is 1. The molecule has 2 nitrogen and oxygen atoms in total. The Morgan fingerprint density at radius 2 is 2.00 bits per heavy atom. The molecule has 2 rings (SSSR count). The quantitative estimate of drug-likeness (QED) is 0.738. The van der Waals surface area contributed by atoms with Crippen molar-refractivity contribution in [3.05, 3.63) is 52.2 Å². The van der Waals surface area contributed by atoms with Crippen LogP contribution in [0, 0.1) is 0 Å². The highest BCUT2D eigenvalue weighted by Crippen LogP contribution is 2.12. The lowest BCUT2D eigenvalue weighted by molar-refractivity contribution is 0.317. The Morgan fingerprint density at radius 3 is 2.68 bits per heavy atom. The van der Waals surface area contributed by atoms with Crippen LogP contribution in [0.25, 0.3) is 0 Å². The molecule has 1 N–H and O–H groups in total. The summed E-state index contributed by atoms with van der Waals surface area (Å²) in [6.45, 7) is 4.85. The van der Waals surface area contributed by atoms with Gasteiger partial charge in [-0.05, 0) is 42.0 Å². The van der Waals surface area contributed by atoms with Crippen LogP contribution in [-0.4, -0.2) is 13.2 Å². The van der Waals surface area contributed by atoms with Crippen LogP contribution in [0.3, 0.4) is 0 Å². The largest absolute Gasteiger partial charge is 0.494 e. The van der Waals surface area contributed by atoms with E-state index in [9.17, 15) is 0 Å². The van der Waals surface area contributed by atoms with Gasteiger partial charge in [0.05, 0.1) is 6.61 Å². The first-order valence-electron chi connectivity index (χ1n) is 6.83. The second-order valence-corrected chi connectivity index (χ2v) is 5.53. The number of hydrogen-bond acceptors (Lipinski definition) is 3. The van der Waals surface area contributed by atoms with Crippen molar-refractivity contribution in [1.29, 1.82) is 0 Å². The normalized spacial score (nSPS) is 10.6. The molecule has 0 aliphatic heterocycles. The maximum absolute atomic E-state index is 5.57. The van der Waals surface area contributed by atoms with E-state index < -0.39 is 0 Å². The van der Waals surface area contributed by atoms with E-state index in [-0.39, 0.29) is 0 Å². The molecule has 0 amide bonds. The molecule has 3 heteroatoms. The molecule has 1 heterocycles. The summed E-state index contributed by atoms with van der Waals surface area (Å²) >= 11 is 1.82. The monoisotopic (exact) mass is 275 g/mol. The molecule has 0 bridgehead atoms. The number of thiophene rings is 1. The van der Waals surface area contributed by atoms with Gasteiger partial charge in [0.25, 0.3) is 0 Å². The lowest BCUT2D eigenvalue weighted by Gasteiger charge is -2.07. The Morgan fingerprint density at radius 1 is 1.16 bits per heavy atom. The smallest absolute Gasteiger partial charge is 0.119 e. The molecule has 0 saturated heterocycles. The molecule has 19 heavy (non-hydrogen) atoms. The Bertz CT molecular complexity index is 450. The summed E-state index contributed by atoms with van der Waals surface area (Å²) in [4.78, 5) is 1.44. The third-order valence-corrected chi connectivity index (χ3v) is 3.79. The number of ether oxygens (including phenoxy) is 1. The highest BCUT2D eigenvalue weighted by Gasteiger charge is 1.96. The Balaban J connectivity index is 1.68. The molecule has 102 valence electrons. The summed E-state index contributed by atoms with van der Waals surface area (Å²) in [7, 11) is 0. The van der Waals surface area contributed by atoms with Crippen molar-refractivity contribution < 1.29 is 4.74 Å². The molecule has 0 saturated carbocycles. The number of hydrogen-bond donors (Lipinski definition) is 1. The lowest BCUT2D eigenvalue weighted by Crippen LogP contribution is -2.16. The van der Waals surface area contributed by atoms with Crippen LogP contribution < -0.4 is 10.1 Å². The minimum Gasteiger partial charge on any atom is -0.494 e. The average Bonchev–Trinajstić information content (AvgIpc) is 2.96. The second-order valence-electron chi connectivity index (χ2n) is 4.50. The van der Waals surface area contributed by atoms with Gasteiger partial charge < -0.3 is 10.1 Å². The van der Waals surface area contributed by atoms with Gasteiger partial charge in [-0.2, -0.15) is 0 Å². The fourth-order valence-corrected chi connectivity index (χ4v) is 2.53. The SMILES string of the molecule is CCCOc1ccc(CNCCc2cccs2)cc1. The van der Waals surface area contributed by atoms with Gasteiger partial charge in [0.2, 0.25) is 0 Å². The number of rotatable bonds is 8. The van der Waals surface area contributed by atoms with Gasteiger partial charge in [-0.1, -0.05) is 25.1 Å². The molecular weight excluding hydrogens is 254 g/mol. The van der Waals surface area contributed by atoms with Crippen molar-refractivity contribution in [2.75, 3.05) is 13.2 Å². The maximum Gasteiger partial charge on any atom is 0.119 e. The van der Waals surface area contributed by atoms with E-state index in [4.69, 9.17) is 4.74 Å². The molecule has 0 atom stereocenters. The Kier molecular flexibility index (Phi) is 5.92. The fourth-order valence-electron chi connectivity index (χ4n) is 1.82. The van der Waals surface area contributed by atoms with Crippen molar-refractivity contribution >= 4 is 11.3 Å². The van der Waals surface area contributed by atoms with Crippen LogP contribution in [0.2, 0.25) is 0 Å². The molecule has 1 aromatic carbocycles. The molecule has 1 aromatic heterocycles. The van der Waals surface area contributed by atoms with E-state index in [0.717, 1.165) is 38.3 Å². The third kappa shape index (κ3) is 5.05. The van der Waals surface area contributed by atoms with Gasteiger partial charge in [0, 0.05) is 18.0 Å². The molecular formula is C16H21NOS. The van der Waals surface area contributed by atoms with E-state index in [1.165, 1.54) is 10.4 Å². The number of nitrogens with one attached hydrogen (secondary N) is 1. The van der Waals surface area contributed by atoms with E-state index in [1.54, 1.807) is 0 Å². The average molecular weight is 275 g/mol. The zero-order valence-electron chi connectivity index (χ0n) is 11.4. The summed E-state index contributed by atoms with van der Waals surface area (Å²) in [5.74, 6) is 0.962. The second kappa shape index (κ2) is 7.97. The van der Waals surface area contributed by atoms with Crippen molar-refractivity contribution in [3.63, 3.8) is 0 Å². The van der Waals surface area contributed by atoms with Gasteiger partial charge in [-0.3, -0.25) is 0 Å². The summed E-state index contributed by atoms with van der Waals surface area (Å²) in [5.41, 5.74) is 1.30. The predicted octanol–water partition coefficient (Wildman–Crippen LogP) is 3.87. The van der Waals surface area contributed by atoms with Crippen molar-refractivity contribution in [1.82, 2.24) is 5.32 Å². The van der Waals surface area contributed by atoms with Crippen LogP contribution in [0.5, 0.6) is 5.75 Å². The predicted molar refractivity (Wildman–Crippen MR) is 82.0 cm³/mol. The summed E-state index contributed by atoms with van der Waals surface area (Å²) in [6, 6.07) is 12.6. The summed E-state index contributed by atoms with van der Waals surface area (Å²) < 4.78 is 5.57. The summed E-state index contributed by atoms with van der Waals surface area (Å²) in [5, 5.41) is 5.60. The standard InChI is InChI=1S/C16H21NOS/c1-2-11-18-15-7-5-14(6-8-15)13-17-10-9-16-4-3-12-19-16/h3-8,12,17H,2,9-11,13H2,1H3. The van der Waals surface area contributed by atoms with E-state index >= 15 is 0 Å². The van der Waals surface area contributed by atoms with E-state index in [1.807, 2.05) is 23.5 Å². The van der Waals surface area contributed by atoms with Crippen LogP contribution in [-0.2, 0) is 13.0 Å². The summed E-state index contributed by atoms with van der Waals surface area (Å²) in [6.07, 6.45) is 2.15. The zero-order valence-corrected chi connectivity index (χ0v) is 12.2. The van der Waals surface area contributed by atoms with E-state index in [0.29, 0.717) is 0 Å². The minimum atomic E-state index is 0.790. The first-order chi connectivity index (χ1) is 9.38. The van der Waals surface area contributed by atoms with Crippen LogP contribution in [0.1, 0.15) is 23.8 Å². The highest BCUT2D eigenvalue weighted by molar-refractivity contribution is 7.09. The van der Waals surface area contributed by atoms with Crippen molar-refractivity contribution in [2.24, 2.45) is 0 Å². The molecule has 2 aromatic rings. The molecule has 0 fully saturated rings. The van der Waals surface area contributed by atoms with Gasteiger partial charge in [-0.15, -0.1) is 11.3 Å². The molecule has 0 radical (unpaired) electrons. The van der Waals surface area contributed by atoms with Crippen LogP contribution in [0.15, 0.2) is 41.8 Å². The van der Waals surface area contributed by atoms with Crippen LogP contribution >= 0.6 is 11.3 Å². The van der Waals surface area contributed by atoms with Crippen LogP contribution in [0.4, 0.5) is 0 Å². The van der Waals surface area contributed by atoms with Crippen molar-refractivity contribution in [3.8, 4) is 5.75 Å². The first kappa shape index (κ1) is 14.1. The Hall–Kier alpha value is -1.32. The first-order valence-corrected chi connectivity index (χ1v) is 7.71. The Labute approximate surface area is 119 Å². The lowest BCUT2D eigenvalue weighted by atomic mass is 10.2. The highest BCUT2D eigenvalue weighted by atomic mass is 32.1. The molecule has 0 aliphatic carbocycles. The van der Waals surface area contributed by atoms with E-state index in [2.05, 4.69) is 41.9 Å². The minimum absolute atomic E-state index is 0.790. The van der Waals surface area contributed by atoms with Gasteiger partial charge in [0.1, 0.15) is 5.75 Å². The topological polar surface area (TPSA) is 21.3 Å².